The van der Waals surface area contributed by atoms with Crippen molar-refractivity contribution < 1.29 is 24.3 Å². The molecule has 0 aromatic heterocycles. The van der Waals surface area contributed by atoms with Gasteiger partial charge in [-0.3, -0.25) is 10.1 Å². The third kappa shape index (κ3) is 4.31. The highest BCUT2D eigenvalue weighted by molar-refractivity contribution is 5.85. The van der Waals surface area contributed by atoms with Crippen LogP contribution >= 0.6 is 0 Å². The van der Waals surface area contributed by atoms with E-state index in [1.807, 2.05) is 0 Å². The molecule has 118 valence electrons. The second-order valence-electron chi connectivity index (χ2n) is 4.43. The summed E-state index contributed by atoms with van der Waals surface area (Å²) in [6, 6.07) is 10.8. The smallest absolute Gasteiger partial charge is 0.328 e. The highest BCUT2D eigenvalue weighted by Gasteiger charge is 2.16. The van der Waals surface area contributed by atoms with Crippen molar-refractivity contribution in [1.82, 2.24) is 0 Å². The number of hydrogen-bond acceptors (Lipinski definition) is 5. The third-order valence-corrected chi connectivity index (χ3v) is 2.89. The number of methoxy groups -OCH3 is 1. The number of aliphatic carboxylic acids is 1. The minimum atomic E-state index is -1.13. The summed E-state index contributed by atoms with van der Waals surface area (Å²) >= 11 is 0. The van der Waals surface area contributed by atoms with E-state index < -0.39 is 10.9 Å². The van der Waals surface area contributed by atoms with E-state index in [0.717, 1.165) is 6.08 Å². The van der Waals surface area contributed by atoms with E-state index in [-0.39, 0.29) is 11.4 Å². The fourth-order valence-corrected chi connectivity index (χ4v) is 1.81. The lowest BCUT2D eigenvalue weighted by Gasteiger charge is -2.07. The molecule has 2 rings (SSSR count). The zero-order chi connectivity index (χ0) is 16.8. The molecule has 0 unspecified atom stereocenters. The van der Waals surface area contributed by atoms with Crippen molar-refractivity contribution in [3.8, 4) is 17.2 Å². The lowest BCUT2D eigenvalue weighted by atomic mass is 10.1. The zero-order valence-corrected chi connectivity index (χ0v) is 12.1. The largest absolute Gasteiger partial charge is 0.497 e. The standard InChI is InChI=1S/C16H13NO6/c1-22-12-4-6-13(7-5-12)23-15-8-2-11(3-9-16(18)19)10-14(15)17(20)21/h2-10H,1H3,(H,18,19)/b9-3+. The lowest BCUT2D eigenvalue weighted by Crippen LogP contribution is -1.94. The molecule has 0 aliphatic heterocycles. The number of carboxylic acid groups (broad SMARTS) is 1. The van der Waals surface area contributed by atoms with Gasteiger partial charge in [-0.2, -0.15) is 0 Å². The number of nitrogens with zero attached hydrogens (tertiary/aromatic N) is 1. The highest BCUT2D eigenvalue weighted by atomic mass is 16.6. The Morgan fingerprint density at radius 2 is 1.83 bits per heavy atom. The number of ether oxygens (including phenoxy) is 2. The summed E-state index contributed by atoms with van der Waals surface area (Å²) in [5.41, 5.74) is 0.134. The number of carboxylic acids is 1. The molecule has 0 radical (unpaired) electrons. The van der Waals surface area contributed by atoms with Crippen LogP contribution in [0.5, 0.6) is 17.2 Å². The van der Waals surface area contributed by atoms with Crippen molar-refractivity contribution in [3.05, 3.63) is 64.2 Å². The summed E-state index contributed by atoms with van der Waals surface area (Å²) in [5.74, 6) is -0.0115. The van der Waals surface area contributed by atoms with Gasteiger partial charge in [0.15, 0.2) is 0 Å². The Kier molecular flexibility index (Phi) is 4.93. The molecular weight excluding hydrogens is 302 g/mol. The maximum absolute atomic E-state index is 11.2. The van der Waals surface area contributed by atoms with Gasteiger partial charge >= 0.3 is 11.7 Å². The van der Waals surface area contributed by atoms with Gasteiger partial charge in [-0.1, -0.05) is 6.07 Å². The third-order valence-electron chi connectivity index (χ3n) is 2.89. The van der Waals surface area contributed by atoms with E-state index in [9.17, 15) is 14.9 Å². The summed E-state index contributed by atoms with van der Waals surface area (Å²) in [7, 11) is 1.53. The molecule has 7 nitrogen and oxygen atoms in total. The van der Waals surface area contributed by atoms with Crippen LogP contribution in [0.3, 0.4) is 0 Å². The molecule has 0 spiro atoms. The van der Waals surface area contributed by atoms with Crippen LogP contribution in [-0.2, 0) is 4.79 Å². The van der Waals surface area contributed by atoms with Crippen LogP contribution < -0.4 is 9.47 Å². The molecule has 2 aromatic carbocycles. The molecule has 0 fully saturated rings. The normalized spacial score (nSPS) is 10.5. The van der Waals surface area contributed by atoms with Crippen LogP contribution in [-0.4, -0.2) is 23.1 Å². The minimum Gasteiger partial charge on any atom is -0.497 e. The molecule has 0 aliphatic carbocycles. The van der Waals surface area contributed by atoms with Crippen LogP contribution in [0, 0.1) is 10.1 Å². The summed E-state index contributed by atoms with van der Waals surface area (Å²) < 4.78 is 10.5. The van der Waals surface area contributed by atoms with Crippen molar-refractivity contribution in [2.24, 2.45) is 0 Å². The van der Waals surface area contributed by atoms with E-state index in [2.05, 4.69) is 0 Å². The summed E-state index contributed by atoms with van der Waals surface area (Å²) in [4.78, 5) is 21.1. The van der Waals surface area contributed by atoms with Crippen molar-refractivity contribution in [3.63, 3.8) is 0 Å². The first kappa shape index (κ1) is 16.0. The number of hydrogen-bond donors (Lipinski definition) is 1. The van der Waals surface area contributed by atoms with Crippen LogP contribution in [0.15, 0.2) is 48.5 Å². The van der Waals surface area contributed by atoms with E-state index in [1.54, 1.807) is 24.3 Å². The number of nitro benzene ring substituents is 1. The van der Waals surface area contributed by atoms with Gasteiger partial charge in [0.1, 0.15) is 11.5 Å². The maximum Gasteiger partial charge on any atom is 0.328 e. The molecule has 0 aliphatic rings. The average Bonchev–Trinajstić information content (AvgIpc) is 2.54. The Morgan fingerprint density at radius 3 is 2.39 bits per heavy atom. The predicted octanol–water partition coefficient (Wildman–Crippen LogP) is 3.49. The Hall–Kier alpha value is -3.35. The first-order valence-electron chi connectivity index (χ1n) is 6.51. The Labute approximate surface area is 131 Å². The number of benzene rings is 2. The second-order valence-corrected chi connectivity index (χ2v) is 4.43. The Balaban J connectivity index is 2.29. The van der Waals surface area contributed by atoms with Gasteiger partial charge in [0.05, 0.1) is 12.0 Å². The molecule has 0 bridgehead atoms. The van der Waals surface area contributed by atoms with Crippen LogP contribution in [0.1, 0.15) is 5.56 Å². The van der Waals surface area contributed by atoms with Crippen LogP contribution in [0.2, 0.25) is 0 Å². The van der Waals surface area contributed by atoms with Crippen LogP contribution in [0.4, 0.5) is 5.69 Å². The van der Waals surface area contributed by atoms with Gasteiger partial charge in [-0.15, -0.1) is 0 Å². The molecule has 1 N–H and O–H groups in total. The minimum absolute atomic E-state index is 0.0626. The Bertz CT molecular complexity index is 752. The second kappa shape index (κ2) is 7.08. The monoisotopic (exact) mass is 315 g/mol. The Morgan fingerprint density at radius 1 is 1.17 bits per heavy atom. The van der Waals surface area contributed by atoms with Gasteiger partial charge in [0.2, 0.25) is 5.75 Å². The first-order chi connectivity index (χ1) is 11.0. The highest BCUT2D eigenvalue weighted by Crippen LogP contribution is 2.33. The van der Waals surface area contributed by atoms with Crippen molar-refractivity contribution >= 4 is 17.7 Å². The number of rotatable bonds is 6. The van der Waals surface area contributed by atoms with Gasteiger partial charge in [-0.05, 0) is 42.0 Å². The maximum atomic E-state index is 11.2. The molecule has 0 heterocycles. The fraction of sp³-hybridized carbons (Fsp3) is 0.0625. The number of carbonyl (C=O) groups is 1. The lowest BCUT2D eigenvalue weighted by molar-refractivity contribution is -0.385. The van der Waals surface area contributed by atoms with E-state index in [4.69, 9.17) is 14.6 Å². The average molecular weight is 315 g/mol. The van der Waals surface area contributed by atoms with E-state index in [0.29, 0.717) is 17.1 Å². The molecule has 0 saturated heterocycles. The fourth-order valence-electron chi connectivity index (χ4n) is 1.81. The van der Waals surface area contributed by atoms with Crippen molar-refractivity contribution in [2.75, 3.05) is 7.11 Å². The SMILES string of the molecule is COc1ccc(Oc2ccc(/C=C/C(=O)O)cc2[N+](=O)[O-])cc1. The van der Waals surface area contributed by atoms with Crippen LogP contribution in [0.25, 0.3) is 6.08 Å². The molecule has 0 amide bonds. The summed E-state index contributed by atoms with van der Waals surface area (Å²) in [5, 5.41) is 19.8. The summed E-state index contributed by atoms with van der Waals surface area (Å²) in [6.45, 7) is 0. The zero-order valence-electron chi connectivity index (χ0n) is 12.1. The van der Waals surface area contributed by atoms with Gasteiger partial charge in [0, 0.05) is 12.1 Å². The molecule has 2 aromatic rings. The number of nitro groups is 1. The molecule has 7 heteroatoms. The molecule has 0 saturated carbocycles. The van der Waals surface area contributed by atoms with Crippen molar-refractivity contribution in [2.45, 2.75) is 0 Å². The van der Waals surface area contributed by atoms with E-state index >= 15 is 0 Å². The molecular formula is C16H13NO6. The summed E-state index contributed by atoms with van der Waals surface area (Å²) in [6.07, 6.45) is 2.18. The first-order valence-corrected chi connectivity index (χ1v) is 6.51. The molecule has 23 heavy (non-hydrogen) atoms. The van der Waals surface area contributed by atoms with Gasteiger partial charge in [0.25, 0.3) is 0 Å². The topological polar surface area (TPSA) is 98.9 Å². The molecule has 0 atom stereocenters. The van der Waals surface area contributed by atoms with Gasteiger partial charge < -0.3 is 14.6 Å². The van der Waals surface area contributed by atoms with Crippen molar-refractivity contribution in [1.29, 1.82) is 0 Å². The predicted molar refractivity (Wildman–Crippen MR) is 82.8 cm³/mol. The van der Waals surface area contributed by atoms with Gasteiger partial charge in [-0.25, -0.2) is 4.79 Å². The quantitative estimate of drug-likeness (QED) is 0.497. The van der Waals surface area contributed by atoms with E-state index in [1.165, 1.54) is 31.4 Å².